The van der Waals surface area contributed by atoms with Crippen molar-refractivity contribution in [1.82, 2.24) is 0 Å². The second kappa shape index (κ2) is 6.73. The molecule has 0 saturated carbocycles. The largest absolute Gasteiger partial charge is 0.488 e. The van der Waals surface area contributed by atoms with E-state index in [1.807, 2.05) is 0 Å². The van der Waals surface area contributed by atoms with E-state index in [0.29, 0.717) is 22.5 Å². The SMILES string of the molecule is NCC(=CF)COc1ccc(SF)cc1Cl. The number of hydrogen-bond donors (Lipinski definition) is 1. The third-order valence-corrected chi connectivity index (χ3v) is 2.55. The van der Waals surface area contributed by atoms with Gasteiger partial charge in [-0.25, -0.2) is 4.39 Å². The average Bonchev–Trinajstić information content (AvgIpc) is 2.32. The van der Waals surface area contributed by atoms with Crippen molar-refractivity contribution in [3.8, 4) is 5.75 Å². The molecule has 0 atom stereocenters. The molecule has 0 spiro atoms. The third kappa shape index (κ3) is 3.66. The van der Waals surface area contributed by atoms with E-state index in [4.69, 9.17) is 22.1 Å². The lowest BCUT2D eigenvalue weighted by atomic mass is 10.3. The van der Waals surface area contributed by atoms with Crippen LogP contribution in [0.1, 0.15) is 0 Å². The van der Waals surface area contributed by atoms with Crippen molar-refractivity contribution in [1.29, 1.82) is 0 Å². The van der Waals surface area contributed by atoms with Crippen molar-refractivity contribution < 1.29 is 13.0 Å². The highest BCUT2D eigenvalue weighted by molar-refractivity contribution is 7.94. The van der Waals surface area contributed by atoms with Crippen molar-refractivity contribution in [2.24, 2.45) is 5.73 Å². The van der Waals surface area contributed by atoms with Gasteiger partial charge < -0.3 is 10.5 Å². The highest BCUT2D eigenvalue weighted by Crippen LogP contribution is 2.30. The Morgan fingerprint density at radius 3 is 2.81 bits per heavy atom. The smallest absolute Gasteiger partial charge is 0.138 e. The molecule has 0 aliphatic heterocycles. The van der Waals surface area contributed by atoms with Gasteiger partial charge in [0, 0.05) is 17.0 Å². The number of ether oxygens (including phenoxy) is 1. The summed E-state index contributed by atoms with van der Waals surface area (Å²) >= 11 is 5.92. The molecule has 0 aliphatic carbocycles. The van der Waals surface area contributed by atoms with Crippen LogP contribution in [-0.2, 0) is 0 Å². The molecular weight excluding hydrogens is 256 g/mol. The van der Waals surface area contributed by atoms with E-state index >= 15 is 0 Å². The molecule has 0 fully saturated rings. The summed E-state index contributed by atoms with van der Waals surface area (Å²) < 4.78 is 29.6. The summed E-state index contributed by atoms with van der Waals surface area (Å²) in [6.07, 6.45) is 0.402. The van der Waals surface area contributed by atoms with Crippen molar-refractivity contribution >= 4 is 23.7 Å². The molecular formula is C10H10ClF2NOS. The van der Waals surface area contributed by atoms with E-state index in [9.17, 15) is 8.28 Å². The van der Waals surface area contributed by atoms with Gasteiger partial charge in [-0.05, 0) is 18.2 Å². The summed E-state index contributed by atoms with van der Waals surface area (Å²) in [5, 5.41) is 0.276. The summed E-state index contributed by atoms with van der Waals surface area (Å²) in [7, 11) is 0. The first-order chi connectivity index (χ1) is 7.71. The van der Waals surface area contributed by atoms with Crippen LogP contribution in [0, 0.1) is 0 Å². The minimum absolute atomic E-state index is 0.0227. The second-order valence-electron chi connectivity index (χ2n) is 2.93. The van der Waals surface area contributed by atoms with Gasteiger partial charge in [0.25, 0.3) is 0 Å². The zero-order valence-electron chi connectivity index (χ0n) is 8.25. The Hall–Kier alpha value is -0.780. The molecule has 0 radical (unpaired) electrons. The maximum Gasteiger partial charge on any atom is 0.138 e. The summed E-state index contributed by atoms with van der Waals surface area (Å²) in [5.74, 6) is 0.368. The molecule has 2 N–H and O–H groups in total. The Balaban J connectivity index is 2.67. The fraction of sp³-hybridized carbons (Fsp3) is 0.200. The lowest BCUT2D eigenvalue weighted by Crippen LogP contribution is -2.10. The molecule has 0 unspecified atom stereocenters. The van der Waals surface area contributed by atoms with Gasteiger partial charge in [-0.15, -0.1) is 0 Å². The van der Waals surface area contributed by atoms with Crippen molar-refractivity contribution in [2.45, 2.75) is 4.90 Å². The van der Waals surface area contributed by atoms with Gasteiger partial charge in [-0.3, -0.25) is 0 Å². The summed E-state index contributed by atoms with van der Waals surface area (Å²) in [6.45, 7) is 0.0986. The number of benzene rings is 1. The predicted molar refractivity (Wildman–Crippen MR) is 62.2 cm³/mol. The van der Waals surface area contributed by atoms with Gasteiger partial charge in [0.1, 0.15) is 12.4 Å². The molecule has 2 nitrogen and oxygen atoms in total. The van der Waals surface area contributed by atoms with E-state index in [1.54, 1.807) is 0 Å². The molecule has 1 rings (SSSR count). The maximum atomic E-state index is 12.2. The Morgan fingerprint density at radius 1 is 1.56 bits per heavy atom. The van der Waals surface area contributed by atoms with Crippen LogP contribution < -0.4 is 10.5 Å². The molecule has 16 heavy (non-hydrogen) atoms. The van der Waals surface area contributed by atoms with E-state index < -0.39 is 0 Å². The number of halogens is 3. The van der Waals surface area contributed by atoms with Crippen molar-refractivity contribution in [3.05, 3.63) is 35.1 Å². The highest BCUT2D eigenvalue weighted by atomic mass is 35.5. The van der Waals surface area contributed by atoms with Gasteiger partial charge >= 0.3 is 0 Å². The zero-order valence-corrected chi connectivity index (χ0v) is 9.82. The van der Waals surface area contributed by atoms with Gasteiger partial charge in [0.05, 0.1) is 23.5 Å². The van der Waals surface area contributed by atoms with E-state index in [2.05, 4.69) is 0 Å². The van der Waals surface area contributed by atoms with Gasteiger partial charge in [-0.2, -0.15) is 3.89 Å². The van der Waals surface area contributed by atoms with Crippen LogP contribution in [0.2, 0.25) is 5.02 Å². The quantitative estimate of drug-likeness (QED) is 0.885. The van der Waals surface area contributed by atoms with E-state index in [0.717, 1.165) is 0 Å². The van der Waals surface area contributed by atoms with Crippen LogP contribution in [0.15, 0.2) is 35.0 Å². The van der Waals surface area contributed by atoms with Crippen LogP contribution in [0.25, 0.3) is 0 Å². The fourth-order valence-corrected chi connectivity index (χ4v) is 1.53. The molecule has 1 aromatic rings. The van der Waals surface area contributed by atoms with Gasteiger partial charge in [0.15, 0.2) is 0 Å². The van der Waals surface area contributed by atoms with Crippen molar-refractivity contribution in [3.63, 3.8) is 0 Å². The minimum atomic E-state index is 0.0227. The third-order valence-electron chi connectivity index (χ3n) is 1.82. The average molecular weight is 266 g/mol. The molecule has 0 aliphatic rings. The summed E-state index contributed by atoms with van der Waals surface area (Å²) in [5.41, 5.74) is 5.58. The summed E-state index contributed by atoms with van der Waals surface area (Å²) in [4.78, 5) is 0.387. The van der Waals surface area contributed by atoms with Crippen LogP contribution in [0.5, 0.6) is 5.75 Å². The Morgan fingerprint density at radius 2 is 2.31 bits per heavy atom. The van der Waals surface area contributed by atoms with Gasteiger partial charge in [0.2, 0.25) is 0 Å². The topological polar surface area (TPSA) is 35.2 Å². The van der Waals surface area contributed by atoms with Crippen LogP contribution in [0.4, 0.5) is 8.28 Å². The predicted octanol–water partition coefficient (Wildman–Crippen LogP) is 3.51. The zero-order chi connectivity index (χ0) is 12.0. The Kier molecular flexibility index (Phi) is 5.59. The van der Waals surface area contributed by atoms with E-state index in [-0.39, 0.29) is 30.3 Å². The van der Waals surface area contributed by atoms with Crippen molar-refractivity contribution in [2.75, 3.05) is 13.2 Å². The first-order valence-corrected chi connectivity index (χ1v) is 5.50. The maximum absolute atomic E-state index is 12.2. The van der Waals surface area contributed by atoms with Gasteiger partial charge in [-0.1, -0.05) is 11.6 Å². The minimum Gasteiger partial charge on any atom is -0.488 e. The fourth-order valence-electron chi connectivity index (χ4n) is 0.952. The summed E-state index contributed by atoms with van der Waals surface area (Å²) in [6, 6.07) is 4.48. The van der Waals surface area contributed by atoms with Crippen LogP contribution >= 0.6 is 23.7 Å². The first-order valence-electron chi connectivity index (χ1n) is 4.40. The van der Waals surface area contributed by atoms with Crippen LogP contribution in [0.3, 0.4) is 0 Å². The number of nitrogens with two attached hydrogens (primary N) is 1. The number of rotatable bonds is 5. The molecule has 1 aromatic carbocycles. The monoisotopic (exact) mass is 265 g/mol. The highest BCUT2D eigenvalue weighted by Gasteiger charge is 2.05. The first kappa shape index (κ1) is 13.3. The standard InChI is InChI=1S/C10H10ClF2NOS/c11-9-3-8(16-13)1-2-10(9)15-6-7(4-12)5-14/h1-4H,5-6,14H2. The molecule has 0 amide bonds. The normalized spacial score (nSPS) is 11.6. The molecule has 0 heterocycles. The lowest BCUT2D eigenvalue weighted by molar-refractivity contribution is 0.347. The Bertz CT molecular complexity index is 387. The second-order valence-corrected chi connectivity index (χ2v) is 3.96. The van der Waals surface area contributed by atoms with Crippen LogP contribution in [-0.4, -0.2) is 13.2 Å². The molecule has 0 aromatic heterocycles. The molecule has 0 bridgehead atoms. The molecule has 88 valence electrons. The number of hydrogen-bond acceptors (Lipinski definition) is 3. The Labute approximate surface area is 102 Å². The lowest BCUT2D eigenvalue weighted by Gasteiger charge is -2.09. The molecule has 6 heteroatoms. The molecule has 0 saturated heterocycles. The van der Waals surface area contributed by atoms with E-state index in [1.165, 1.54) is 18.2 Å².